The van der Waals surface area contributed by atoms with Crippen LogP contribution < -0.4 is 5.32 Å². The highest BCUT2D eigenvalue weighted by Crippen LogP contribution is 2.27. The van der Waals surface area contributed by atoms with Crippen LogP contribution in [0.15, 0.2) is 22.5 Å². The van der Waals surface area contributed by atoms with E-state index in [4.69, 9.17) is 4.98 Å². The molecule has 1 N–H and O–H groups in total. The lowest BCUT2D eigenvalue weighted by Crippen LogP contribution is -2.39. The predicted octanol–water partition coefficient (Wildman–Crippen LogP) is 3.37. The van der Waals surface area contributed by atoms with E-state index in [1.165, 1.54) is 28.3 Å². The fourth-order valence-electron chi connectivity index (χ4n) is 2.93. The molecule has 9 heteroatoms. The number of carbonyl (C=O) groups excluding carboxylic acids is 1. The molecule has 0 atom stereocenters. The topological polar surface area (TPSA) is 60.8 Å². The van der Waals surface area contributed by atoms with Crippen molar-refractivity contribution in [3.05, 3.63) is 38.0 Å². The van der Waals surface area contributed by atoms with Crippen molar-refractivity contribution in [2.45, 2.75) is 38.8 Å². The van der Waals surface area contributed by atoms with Crippen LogP contribution in [0.2, 0.25) is 0 Å². The summed E-state index contributed by atoms with van der Waals surface area (Å²) in [5.41, 5.74) is 1.28. The summed E-state index contributed by atoms with van der Waals surface area (Å²) in [5.74, 6) is 0.718. The summed E-state index contributed by atoms with van der Waals surface area (Å²) in [6.45, 7) is 1.54. The molecule has 3 rings (SSSR count). The second kappa shape index (κ2) is 11.1. The van der Waals surface area contributed by atoms with Gasteiger partial charge >= 0.3 is 0 Å². The second-order valence-electron chi connectivity index (χ2n) is 6.90. The molecule has 2 aromatic rings. The van der Waals surface area contributed by atoms with E-state index < -0.39 is 0 Å². The highest BCUT2D eigenvalue weighted by Gasteiger charge is 2.17. The van der Waals surface area contributed by atoms with Gasteiger partial charge in [0.2, 0.25) is 5.91 Å². The number of guanidine groups is 1. The van der Waals surface area contributed by atoms with Crippen molar-refractivity contribution in [1.29, 1.82) is 0 Å². The first-order valence-electron chi connectivity index (χ1n) is 9.22. The average Bonchev–Trinajstić information content (AvgIpc) is 3.29. The van der Waals surface area contributed by atoms with Crippen LogP contribution in [0, 0.1) is 0 Å². The number of aliphatic imine (C=N–C) groups is 1. The molecular weight excluding hydrogens is 505 g/mol. The number of thiazole rings is 1. The van der Waals surface area contributed by atoms with Crippen molar-refractivity contribution in [2.24, 2.45) is 4.99 Å². The van der Waals surface area contributed by atoms with E-state index in [0.29, 0.717) is 13.1 Å². The van der Waals surface area contributed by atoms with Crippen molar-refractivity contribution < 1.29 is 4.79 Å². The van der Waals surface area contributed by atoms with Crippen LogP contribution in [-0.4, -0.2) is 54.3 Å². The summed E-state index contributed by atoms with van der Waals surface area (Å²) < 4.78 is 0. The summed E-state index contributed by atoms with van der Waals surface area (Å²) in [6.07, 6.45) is 4.77. The Morgan fingerprint density at radius 1 is 1.29 bits per heavy atom. The molecule has 2 aromatic heterocycles. The Bertz CT molecular complexity index is 765. The molecule has 0 saturated carbocycles. The number of rotatable bonds is 6. The summed E-state index contributed by atoms with van der Waals surface area (Å²) in [6, 6.07) is 4.13. The van der Waals surface area contributed by atoms with E-state index in [2.05, 4.69) is 26.7 Å². The number of likely N-dealkylation sites (N-methyl/N-ethyl adjacent to an activating group) is 1. The molecule has 0 radical (unpaired) electrons. The van der Waals surface area contributed by atoms with Gasteiger partial charge in [-0.2, -0.15) is 0 Å². The largest absolute Gasteiger partial charge is 0.351 e. The standard InChI is InChI=1S/C19H27N5OS2.HI/c1-23(2)18(25)12-21-19(20-11-14-7-6-10-26-14)24(3)13-17-22-15-8-4-5-9-16(15)27-17;/h6-7,10H,4-5,8-9,11-13H2,1-3H3,(H,20,21);1H. The van der Waals surface area contributed by atoms with Crippen molar-refractivity contribution in [3.8, 4) is 0 Å². The minimum absolute atomic E-state index is 0. The van der Waals surface area contributed by atoms with Crippen LogP contribution in [0.1, 0.15) is 33.3 Å². The Balaban J connectivity index is 0.00000280. The van der Waals surface area contributed by atoms with Crippen molar-refractivity contribution in [2.75, 3.05) is 27.7 Å². The van der Waals surface area contributed by atoms with E-state index in [1.54, 1.807) is 30.3 Å². The first-order chi connectivity index (χ1) is 13.0. The van der Waals surface area contributed by atoms with Gasteiger partial charge in [-0.3, -0.25) is 4.79 Å². The van der Waals surface area contributed by atoms with Crippen LogP contribution in [0.5, 0.6) is 0 Å². The number of thiophene rings is 1. The number of hydrogen-bond donors (Lipinski definition) is 1. The number of aryl methyl sites for hydroxylation is 2. The van der Waals surface area contributed by atoms with Gasteiger partial charge in [0.15, 0.2) is 5.96 Å². The van der Waals surface area contributed by atoms with Crippen LogP contribution in [0.25, 0.3) is 0 Å². The molecule has 0 aliphatic heterocycles. The maximum absolute atomic E-state index is 12.0. The van der Waals surface area contributed by atoms with Gasteiger partial charge in [-0.1, -0.05) is 6.07 Å². The number of halogens is 1. The normalized spacial score (nSPS) is 13.5. The van der Waals surface area contributed by atoms with Crippen LogP contribution >= 0.6 is 46.7 Å². The summed E-state index contributed by atoms with van der Waals surface area (Å²) >= 11 is 3.52. The van der Waals surface area contributed by atoms with Gasteiger partial charge in [0.05, 0.1) is 18.8 Å². The van der Waals surface area contributed by atoms with Crippen LogP contribution in [-0.2, 0) is 30.7 Å². The maximum atomic E-state index is 12.0. The molecule has 2 heterocycles. The quantitative estimate of drug-likeness (QED) is 0.352. The SMILES string of the molecule is CN(C)C(=O)CN=C(NCc1cccs1)N(C)Cc1nc2c(s1)CCCC2.I. The van der Waals surface area contributed by atoms with Crippen molar-refractivity contribution >= 4 is 58.5 Å². The Hall–Kier alpha value is -1.20. The molecule has 0 fully saturated rings. The van der Waals surface area contributed by atoms with Crippen LogP contribution in [0.4, 0.5) is 0 Å². The molecule has 154 valence electrons. The average molecular weight is 534 g/mol. The lowest BCUT2D eigenvalue weighted by atomic mass is 10.0. The fourth-order valence-corrected chi connectivity index (χ4v) is 4.78. The van der Waals surface area contributed by atoms with Crippen molar-refractivity contribution in [1.82, 2.24) is 20.1 Å². The van der Waals surface area contributed by atoms with Crippen molar-refractivity contribution in [3.63, 3.8) is 0 Å². The predicted molar refractivity (Wildman–Crippen MR) is 128 cm³/mol. The van der Waals surface area contributed by atoms with Gasteiger partial charge in [-0.25, -0.2) is 9.98 Å². The number of amides is 1. The van der Waals surface area contributed by atoms with Crippen LogP contribution in [0.3, 0.4) is 0 Å². The van der Waals surface area contributed by atoms with Gasteiger partial charge in [-0.05, 0) is 37.1 Å². The Morgan fingerprint density at radius 3 is 2.75 bits per heavy atom. The van der Waals surface area contributed by atoms with Gasteiger partial charge in [0.25, 0.3) is 0 Å². The van der Waals surface area contributed by atoms with E-state index in [1.807, 2.05) is 24.5 Å². The minimum Gasteiger partial charge on any atom is -0.351 e. The molecule has 6 nitrogen and oxygen atoms in total. The summed E-state index contributed by atoms with van der Waals surface area (Å²) in [4.78, 5) is 27.6. The first kappa shape index (κ1) is 23.1. The van der Waals surface area contributed by atoms with Gasteiger partial charge in [0, 0.05) is 30.9 Å². The fraction of sp³-hybridized carbons (Fsp3) is 0.526. The smallest absolute Gasteiger partial charge is 0.243 e. The van der Waals surface area contributed by atoms with E-state index in [-0.39, 0.29) is 36.4 Å². The number of hydrogen-bond acceptors (Lipinski definition) is 5. The maximum Gasteiger partial charge on any atom is 0.243 e. The lowest BCUT2D eigenvalue weighted by Gasteiger charge is -2.21. The Kier molecular flexibility index (Phi) is 9.16. The number of carbonyl (C=O) groups is 1. The Labute approximate surface area is 192 Å². The molecule has 0 saturated heterocycles. The molecule has 28 heavy (non-hydrogen) atoms. The summed E-state index contributed by atoms with van der Waals surface area (Å²) in [7, 11) is 5.50. The third-order valence-corrected chi connectivity index (χ3v) is 6.51. The number of nitrogens with one attached hydrogen (secondary N) is 1. The lowest BCUT2D eigenvalue weighted by molar-refractivity contribution is -0.127. The Morgan fingerprint density at radius 2 is 2.07 bits per heavy atom. The molecule has 1 amide bonds. The highest BCUT2D eigenvalue weighted by molar-refractivity contribution is 14.0. The first-order valence-corrected chi connectivity index (χ1v) is 10.9. The second-order valence-corrected chi connectivity index (χ2v) is 9.10. The summed E-state index contributed by atoms with van der Waals surface area (Å²) in [5, 5.41) is 6.57. The molecular formula is C19H28IN5OS2. The highest BCUT2D eigenvalue weighted by atomic mass is 127. The third kappa shape index (κ3) is 6.41. The number of fused-ring (bicyclic) bond motifs is 1. The number of aromatic nitrogens is 1. The molecule has 0 bridgehead atoms. The van der Waals surface area contributed by atoms with E-state index >= 15 is 0 Å². The molecule has 0 unspecified atom stereocenters. The van der Waals surface area contributed by atoms with Gasteiger partial charge in [-0.15, -0.1) is 46.7 Å². The zero-order valence-corrected chi connectivity index (χ0v) is 20.6. The van der Waals surface area contributed by atoms with E-state index in [9.17, 15) is 4.79 Å². The third-order valence-electron chi connectivity index (χ3n) is 4.49. The van der Waals surface area contributed by atoms with E-state index in [0.717, 1.165) is 23.8 Å². The minimum atomic E-state index is -0.0106. The number of nitrogens with zero attached hydrogens (tertiary/aromatic N) is 4. The molecule has 1 aliphatic carbocycles. The van der Waals surface area contributed by atoms with Gasteiger partial charge in [0.1, 0.15) is 11.6 Å². The molecule has 0 aromatic carbocycles. The monoisotopic (exact) mass is 533 g/mol. The zero-order valence-electron chi connectivity index (χ0n) is 16.6. The molecule has 0 spiro atoms. The van der Waals surface area contributed by atoms with Gasteiger partial charge < -0.3 is 15.1 Å². The zero-order chi connectivity index (χ0) is 19.2. The molecule has 1 aliphatic rings.